The van der Waals surface area contributed by atoms with Crippen LogP contribution in [0.4, 0.5) is 14.5 Å². The molecular weight excluding hydrogens is 280 g/mol. The van der Waals surface area contributed by atoms with Gasteiger partial charge in [-0.15, -0.1) is 0 Å². The summed E-state index contributed by atoms with van der Waals surface area (Å²) in [5.41, 5.74) is -0.884. The average molecular weight is 294 g/mol. The molecule has 16 heavy (non-hydrogen) atoms. The first kappa shape index (κ1) is 13.4. The molecule has 2 nitrogen and oxygen atoms in total. The number of nitrogens with one attached hydrogen (secondary N) is 1. The Kier molecular flexibility index (Phi) is 4.27. The monoisotopic (exact) mass is 293 g/mol. The van der Waals surface area contributed by atoms with E-state index in [-0.39, 0.29) is 16.7 Å². The smallest absolute Gasteiger partial charge is 0.147 e. The Morgan fingerprint density at radius 2 is 2.00 bits per heavy atom. The predicted molar refractivity (Wildman–Crippen MR) is 63.5 cm³/mol. The Labute approximate surface area is 102 Å². The van der Waals surface area contributed by atoms with Gasteiger partial charge < -0.3 is 10.4 Å². The summed E-state index contributed by atoms with van der Waals surface area (Å²) in [5.74, 6) is -1.10. The zero-order chi connectivity index (χ0) is 12.3. The summed E-state index contributed by atoms with van der Waals surface area (Å²) in [6.45, 7) is 3.62. The van der Waals surface area contributed by atoms with E-state index in [1.165, 1.54) is 0 Å². The lowest BCUT2D eigenvalue weighted by molar-refractivity contribution is 0.0697. The molecule has 1 rings (SSSR count). The fraction of sp³-hybridized carbons (Fsp3) is 0.455. The fourth-order valence-corrected chi connectivity index (χ4v) is 1.38. The Bertz CT molecular complexity index is 382. The lowest BCUT2D eigenvalue weighted by Gasteiger charge is -2.22. The van der Waals surface area contributed by atoms with Gasteiger partial charge in [0.05, 0.1) is 15.8 Å². The minimum absolute atomic E-state index is 0.0504. The van der Waals surface area contributed by atoms with Gasteiger partial charge in [0.15, 0.2) is 0 Å². The molecule has 0 radical (unpaired) electrons. The first-order valence-corrected chi connectivity index (χ1v) is 5.76. The fourth-order valence-electron chi connectivity index (χ4n) is 1.07. The van der Waals surface area contributed by atoms with Crippen molar-refractivity contribution in [3.63, 3.8) is 0 Å². The summed E-state index contributed by atoms with van der Waals surface area (Å²) in [5, 5.41) is 12.4. The van der Waals surface area contributed by atoms with Crippen molar-refractivity contribution in [3.8, 4) is 0 Å². The van der Waals surface area contributed by atoms with Crippen molar-refractivity contribution in [2.24, 2.45) is 0 Å². The third kappa shape index (κ3) is 3.42. The Morgan fingerprint density at radius 1 is 1.38 bits per heavy atom. The second-order valence-electron chi connectivity index (χ2n) is 3.95. The zero-order valence-electron chi connectivity index (χ0n) is 9.15. The largest absolute Gasteiger partial charge is 0.388 e. The van der Waals surface area contributed by atoms with Crippen LogP contribution in [0.15, 0.2) is 16.6 Å². The molecule has 1 aromatic carbocycles. The van der Waals surface area contributed by atoms with Gasteiger partial charge >= 0.3 is 0 Å². The van der Waals surface area contributed by atoms with Gasteiger partial charge in [0.1, 0.15) is 11.6 Å². The molecule has 0 aliphatic rings. The van der Waals surface area contributed by atoms with Crippen molar-refractivity contribution < 1.29 is 13.9 Å². The van der Waals surface area contributed by atoms with E-state index in [9.17, 15) is 13.9 Å². The van der Waals surface area contributed by atoms with Gasteiger partial charge in [-0.1, -0.05) is 6.92 Å². The molecule has 0 aliphatic heterocycles. The maximum atomic E-state index is 13.4. The zero-order valence-corrected chi connectivity index (χ0v) is 10.7. The molecule has 0 fully saturated rings. The molecule has 0 saturated carbocycles. The van der Waals surface area contributed by atoms with Crippen molar-refractivity contribution in [1.82, 2.24) is 0 Å². The number of rotatable bonds is 4. The van der Waals surface area contributed by atoms with Gasteiger partial charge in [0.2, 0.25) is 0 Å². The van der Waals surface area contributed by atoms with E-state index in [2.05, 4.69) is 21.2 Å². The van der Waals surface area contributed by atoms with Gasteiger partial charge in [-0.05, 0) is 35.3 Å². The molecule has 2 N–H and O–H groups in total. The standard InChI is InChI=1S/C11H14BrF2NO/c1-3-11(2,16)6-15-10-5-8(13)7(12)4-9(10)14/h4-5,15-16H,3,6H2,1-2H3. The van der Waals surface area contributed by atoms with Gasteiger partial charge in [-0.3, -0.25) is 0 Å². The maximum Gasteiger partial charge on any atom is 0.147 e. The highest BCUT2D eigenvalue weighted by atomic mass is 79.9. The van der Waals surface area contributed by atoms with Crippen molar-refractivity contribution >= 4 is 21.6 Å². The second kappa shape index (κ2) is 5.10. The van der Waals surface area contributed by atoms with Crippen LogP contribution in [0.1, 0.15) is 20.3 Å². The molecule has 90 valence electrons. The topological polar surface area (TPSA) is 32.3 Å². The van der Waals surface area contributed by atoms with Gasteiger partial charge in [0, 0.05) is 12.6 Å². The van der Waals surface area contributed by atoms with Gasteiger partial charge in [-0.25, -0.2) is 8.78 Å². The van der Waals surface area contributed by atoms with Crippen molar-refractivity contribution in [1.29, 1.82) is 0 Å². The van der Waals surface area contributed by atoms with Crippen LogP contribution in [-0.4, -0.2) is 17.3 Å². The summed E-state index contributed by atoms with van der Waals surface area (Å²) in [4.78, 5) is 0. The number of halogens is 3. The van der Waals surface area contributed by atoms with Crippen molar-refractivity contribution in [2.75, 3.05) is 11.9 Å². The van der Waals surface area contributed by atoms with Crippen LogP contribution in [0.5, 0.6) is 0 Å². The highest BCUT2D eigenvalue weighted by Gasteiger charge is 2.18. The third-order valence-electron chi connectivity index (χ3n) is 2.43. The summed E-state index contributed by atoms with van der Waals surface area (Å²) >= 11 is 2.89. The summed E-state index contributed by atoms with van der Waals surface area (Å²) in [6, 6.07) is 2.11. The van der Waals surface area contributed by atoms with E-state index >= 15 is 0 Å². The number of anilines is 1. The molecule has 0 heterocycles. The van der Waals surface area contributed by atoms with Crippen LogP contribution in [0, 0.1) is 11.6 Å². The van der Waals surface area contributed by atoms with Crippen LogP contribution in [-0.2, 0) is 0 Å². The van der Waals surface area contributed by atoms with E-state index in [0.29, 0.717) is 6.42 Å². The van der Waals surface area contributed by atoms with Crippen LogP contribution >= 0.6 is 15.9 Å². The van der Waals surface area contributed by atoms with E-state index in [4.69, 9.17) is 0 Å². The molecule has 5 heteroatoms. The van der Waals surface area contributed by atoms with Gasteiger partial charge in [0.25, 0.3) is 0 Å². The summed E-state index contributed by atoms with van der Waals surface area (Å²) in [6.07, 6.45) is 0.528. The number of benzene rings is 1. The number of hydrogen-bond acceptors (Lipinski definition) is 2. The minimum atomic E-state index is -0.935. The maximum absolute atomic E-state index is 13.4. The molecule has 0 spiro atoms. The Hall–Kier alpha value is -0.680. The molecular formula is C11H14BrF2NO. The second-order valence-corrected chi connectivity index (χ2v) is 4.80. The lowest BCUT2D eigenvalue weighted by atomic mass is 10.0. The predicted octanol–water partition coefficient (Wildman–Crippen LogP) is 3.30. The highest BCUT2D eigenvalue weighted by Crippen LogP contribution is 2.24. The molecule has 1 aromatic rings. The van der Waals surface area contributed by atoms with E-state index in [1.807, 2.05) is 6.92 Å². The molecule has 0 bridgehead atoms. The highest BCUT2D eigenvalue weighted by molar-refractivity contribution is 9.10. The average Bonchev–Trinajstić information content (AvgIpc) is 2.22. The van der Waals surface area contributed by atoms with Crippen LogP contribution in [0.3, 0.4) is 0 Å². The van der Waals surface area contributed by atoms with Gasteiger partial charge in [-0.2, -0.15) is 0 Å². The summed E-state index contributed by atoms with van der Waals surface area (Å²) < 4.78 is 26.6. The minimum Gasteiger partial charge on any atom is -0.388 e. The molecule has 1 unspecified atom stereocenters. The molecule has 0 saturated heterocycles. The first-order chi connectivity index (χ1) is 7.35. The van der Waals surface area contributed by atoms with Crippen molar-refractivity contribution in [3.05, 3.63) is 28.2 Å². The molecule has 1 atom stereocenters. The number of hydrogen-bond donors (Lipinski definition) is 2. The van der Waals surface area contributed by atoms with E-state index in [0.717, 1.165) is 12.1 Å². The molecule has 0 aromatic heterocycles. The third-order valence-corrected chi connectivity index (χ3v) is 3.04. The number of aliphatic hydroxyl groups is 1. The molecule has 0 aliphatic carbocycles. The summed E-state index contributed by atoms with van der Waals surface area (Å²) in [7, 11) is 0. The quantitative estimate of drug-likeness (QED) is 0.835. The van der Waals surface area contributed by atoms with E-state index in [1.54, 1.807) is 6.92 Å². The lowest BCUT2D eigenvalue weighted by Crippen LogP contribution is -2.32. The first-order valence-electron chi connectivity index (χ1n) is 4.96. The Balaban J connectivity index is 2.79. The van der Waals surface area contributed by atoms with Crippen LogP contribution < -0.4 is 5.32 Å². The SMILES string of the molecule is CCC(C)(O)CNc1cc(F)c(Br)cc1F. The van der Waals surface area contributed by atoms with Crippen molar-refractivity contribution in [2.45, 2.75) is 25.9 Å². The Morgan fingerprint density at radius 3 is 2.56 bits per heavy atom. The normalized spacial score (nSPS) is 14.6. The molecule has 0 amide bonds. The van der Waals surface area contributed by atoms with Crippen LogP contribution in [0.25, 0.3) is 0 Å². The van der Waals surface area contributed by atoms with Crippen LogP contribution in [0.2, 0.25) is 0 Å². The van der Waals surface area contributed by atoms with E-state index < -0.39 is 17.2 Å².